The number of hydrogen-bond donors (Lipinski definition) is 0. The van der Waals surface area contributed by atoms with E-state index in [1.807, 2.05) is 6.92 Å². The second kappa shape index (κ2) is 4.04. The Labute approximate surface area is 115 Å². The van der Waals surface area contributed by atoms with Gasteiger partial charge in [0, 0.05) is 11.4 Å². The Balaban J connectivity index is 2.15. The van der Waals surface area contributed by atoms with Gasteiger partial charge in [0.05, 0.1) is 0 Å². The number of esters is 1. The molecule has 0 aromatic heterocycles. The van der Waals surface area contributed by atoms with Gasteiger partial charge in [-0.25, -0.2) is 0 Å². The Morgan fingerprint density at radius 3 is 2.47 bits per heavy atom. The van der Waals surface area contributed by atoms with E-state index in [1.54, 1.807) is 25.1 Å². The highest BCUT2D eigenvalue weighted by molar-refractivity contribution is 6.53. The summed E-state index contributed by atoms with van der Waals surface area (Å²) >= 11 is 17.7. The number of benzene rings is 1. The number of carbonyl (C=O) groups excluding carboxylic acids is 1. The van der Waals surface area contributed by atoms with Gasteiger partial charge in [-0.2, -0.15) is 0 Å². The van der Waals surface area contributed by atoms with E-state index in [1.165, 1.54) is 0 Å². The lowest BCUT2D eigenvalue weighted by molar-refractivity contribution is -0.139. The summed E-state index contributed by atoms with van der Waals surface area (Å²) in [6.07, 6.45) is 0.411. The first kappa shape index (κ1) is 13.0. The van der Waals surface area contributed by atoms with Crippen LogP contribution in [0.4, 0.5) is 0 Å². The maximum Gasteiger partial charge on any atom is 0.320 e. The first-order valence-corrected chi connectivity index (χ1v) is 6.26. The van der Waals surface area contributed by atoms with Gasteiger partial charge >= 0.3 is 5.97 Å². The molecule has 1 fully saturated rings. The quantitative estimate of drug-likeness (QED) is 0.465. The molecule has 1 atom stereocenters. The van der Waals surface area contributed by atoms with Gasteiger partial charge in [-0.1, -0.05) is 11.6 Å². The third-order valence-corrected chi connectivity index (χ3v) is 4.38. The number of aryl methyl sites for hydroxylation is 1. The molecule has 0 amide bonds. The second-order valence-electron chi connectivity index (χ2n) is 4.51. The second-order valence-corrected chi connectivity index (χ2v) is 6.43. The van der Waals surface area contributed by atoms with Gasteiger partial charge < -0.3 is 4.74 Å². The van der Waals surface area contributed by atoms with Crippen molar-refractivity contribution in [3.8, 4) is 5.75 Å². The standard InChI is InChI=1S/C12H11Cl3O2/c1-7-5-8(13)3-4-9(7)17-10(16)11(2)6-12(11,14)15/h3-5H,6H2,1-2H3. The molecule has 1 aliphatic carbocycles. The molecule has 1 aliphatic rings. The molecular formula is C12H11Cl3O2. The van der Waals surface area contributed by atoms with E-state index in [9.17, 15) is 4.79 Å². The summed E-state index contributed by atoms with van der Waals surface area (Å²) < 4.78 is 4.29. The predicted octanol–water partition coefficient (Wildman–Crippen LogP) is 4.14. The van der Waals surface area contributed by atoms with Gasteiger partial charge in [0.1, 0.15) is 15.5 Å². The van der Waals surface area contributed by atoms with Gasteiger partial charge in [-0.15, -0.1) is 23.2 Å². The molecular weight excluding hydrogens is 282 g/mol. The Hall–Kier alpha value is -0.440. The summed E-state index contributed by atoms with van der Waals surface area (Å²) in [6, 6.07) is 5.06. The zero-order valence-corrected chi connectivity index (χ0v) is 11.7. The van der Waals surface area contributed by atoms with Crippen molar-refractivity contribution < 1.29 is 9.53 Å². The largest absolute Gasteiger partial charge is 0.426 e. The number of carbonyl (C=O) groups is 1. The van der Waals surface area contributed by atoms with E-state index in [-0.39, 0.29) is 0 Å². The average molecular weight is 294 g/mol. The third kappa shape index (κ3) is 2.26. The zero-order valence-electron chi connectivity index (χ0n) is 9.39. The minimum absolute atomic E-state index is 0.409. The molecule has 1 aromatic carbocycles. The molecule has 5 heteroatoms. The highest BCUT2D eigenvalue weighted by atomic mass is 35.5. The van der Waals surface area contributed by atoms with Crippen LogP contribution in [0.1, 0.15) is 18.9 Å². The molecule has 17 heavy (non-hydrogen) atoms. The molecule has 0 saturated heterocycles. The molecule has 92 valence electrons. The fourth-order valence-electron chi connectivity index (χ4n) is 1.56. The van der Waals surface area contributed by atoms with Crippen molar-refractivity contribution in [2.24, 2.45) is 5.41 Å². The van der Waals surface area contributed by atoms with Crippen molar-refractivity contribution >= 4 is 40.8 Å². The fourth-order valence-corrected chi connectivity index (χ4v) is 2.48. The van der Waals surface area contributed by atoms with E-state index >= 15 is 0 Å². The number of halogens is 3. The van der Waals surface area contributed by atoms with E-state index in [4.69, 9.17) is 39.5 Å². The van der Waals surface area contributed by atoms with Gasteiger partial charge in [-0.05, 0) is 37.6 Å². The lowest BCUT2D eigenvalue weighted by Crippen LogP contribution is -2.24. The van der Waals surface area contributed by atoms with Crippen LogP contribution in [-0.2, 0) is 4.79 Å². The van der Waals surface area contributed by atoms with Gasteiger partial charge in [-0.3, -0.25) is 4.79 Å². The van der Waals surface area contributed by atoms with Crippen LogP contribution in [0, 0.1) is 12.3 Å². The number of hydrogen-bond acceptors (Lipinski definition) is 2. The van der Waals surface area contributed by atoms with Crippen LogP contribution in [0.15, 0.2) is 18.2 Å². The van der Waals surface area contributed by atoms with Crippen molar-refractivity contribution in [3.63, 3.8) is 0 Å². The highest BCUT2D eigenvalue weighted by Crippen LogP contribution is 2.64. The maximum atomic E-state index is 11.9. The first-order chi connectivity index (χ1) is 7.76. The Morgan fingerprint density at radius 1 is 1.41 bits per heavy atom. The molecule has 0 aliphatic heterocycles. The number of ether oxygens (including phenoxy) is 1. The van der Waals surface area contributed by atoms with Crippen molar-refractivity contribution in [2.45, 2.75) is 24.6 Å². The van der Waals surface area contributed by atoms with E-state index < -0.39 is 15.7 Å². The SMILES string of the molecule is Cc1cc(Cl)ccc1OC(=O)C1(C)CC1(Cl)Cl. The number of rotatable bonds is 2. The zero-order chi connectivity index (χ0) is 12.8. The summed E-state index contributed by atoms with van der Waals surface area (Å²) in [4.78, 5) is 11.9. The Bertz CT molecular complexity index is 485. The van der Waals surface area contributed by atoms with Crippen molar-refractivity contribution in [1.29, 1.82) is 0 Å². The summed E-state index contributed by atoms with van der Waals surface area (Å²) in [5.41, 5.74) is -0.0211. The van der Waals surface area contributed by atoms with Crippen LogP contribution in [0.25, 0.3) is 0 Å². The van der Waals surface area contributed by atoms with Crippen molar-refractivity contribution in [1.82, 2.24) is 0 Å². The highest BCUT2D eigenvalue weighted by Gasteiger charge is 2.69. The fraction of sp³-hybridized carbons (Fsp3) is 0.417. The minimum atomic E-state index is -1.01. The van der Waals surface area contributed by atoms with Crippen molar-refractivity contribution in [3.05, 3.63) is 28.8 Å². The molecule has 0 radical (unpaired) electrons. The summed E-state index contributed by atoms with van der Waals surface area (Å²) in [5, 5.41) is 0.601. The molecule has 1 saturated carbocycles. The Kier molecular flexibility index (Phi) is 3.09. The smallest absolute Gasteiger partial charge is 0.320 e. The van der Waals surface area contributed by atoms with Crippen LogP contribution in [0.5, 0.6) is 5.75 Å². The van der Waals surface area contributed by atoms with Crippen LogP contribution >= 0.6 is 34.8 Å². The molecule has 1 aromatic rings. The third-order valence-electron chi connectivity index (χ3n) is 3.05. The molecule has 1 unspecified atom stereocenters. The van der Waals surface area contributed by atoms with E-state index in [2.05, 4.69) is 0 Å². The summed E-state index contributed by atoms with van der Waals surface area (Å²) in [7, 11) is 0. The van der Waals surface area contributed by atoms with Crippen LogP contribution in [-0.4, -0.2) is 10.3 Å². The van der Waals surface area contributed by atoms with Gasteiger partial charge in [0.25, 0.3) is 0 Å². The predicted molar refractivity (Wildman–Crippen MR) is 69.0 cm³/mol. The monoisotopic (exact) mass is 292 g/mol. The molecule has 2 nitrogen and oxygen atoms in total. The van der Waals surface area contributed by atoms with Gasteiger partial charge in [0.15, 0.2) is 0 Å². The number of alkyl halides is 2. The molecule has 0 heterocycles. The van der Waals surface area contributed by atoms with Crippen LogP contribution in [0.3, 0.4) is 0 Å². The molecule has 0 bridgehead atoms. The summed E-state index contributed by atoms with van der Waals surface area (Å²) in [6.45, 7) is 3.51. The van der Waals surface area contributed by atoms with E-state index in [0.717, 1.165) is 5.56 Å². The molecule has 0 spiro atoms. The topological polar surface area (TPSA) is 26.3 Å². The van der Waals surface area contributed by atoms with Crippen LogP contribution < -0.4 is 4.74 Å². The average Bonchev–Trinajstić information content (AvgIpc) is 2.72. The summed E-state index contributed by atoms with van der Waals surface area (Å²) in [5.74, 6) is 0.0737. The van der Waals surface area contributed by atoms with Gasteiger partial charge in [0.2, 0.25) is 0 Å². The van der Waals surface area contributed by atoms with E-state index in [0.29, 0.717) is 17.2 Å². The Morgan fingerprint density at radius 2 is 2.00 bits per heavy atom. The lowest BCUT2D eigenvalue weighted by atomic mass is 10.1. The normalized spacial score (nSPS) is 25.5. The minimum Gasteiger partial charge on any atom is -0.426 e. The van der Waals surface area contributed by atoms with Crippen LogP contribution in [0.2, 0.25) is 5.02 Å². The first-order valence-electron chi connectivity index (χ1n) is 5.12. The molecule has 2 rings (SSSR count). The maximum absolute atomic E-state index is 11.9. The van der Waals surface area contributed by atoms with Crippen molar-refractivity contribution in [2.75, 3.05) is 0 Å². The molecule has 0 N–H and O–H groups in total. The lowest BCUT2D eigenvalue weighted by Gasteiger charge is -2.13.